The lowest BCUT2D eigenvalue weighted by molar-refractivity contribution is -1.00. The van der Waals surface area contributed by atoms with Gasteiger partial charge in [-0.15, -0.1) is 0 Å². The Balaban J connectivity index is 1.40. The molecule has 1 aliphatic rings. The summed E-state index contributed by atoms with van der Waals surface area (Å²) in [6, 6.07) is 14.0. The molecule has 0 unspecified atom stereocenters. The number of piperazine rings is 1. The molecule has 4 N–H and O–H groups in total. The Kier molecular flexibility index (Phi) is 7.60. The monoisotopic (exact) mass is 410 g/mol. The van der Waals surface area contributed by atoms with Gasteiger partial charge >= 0.3 is 0 Å². The van der Waals surface area contributed by atoms with Crippen LogP contribution in [0.3, 0.4) is 0 Å². The molecular formula is C24H34N4O2+2. The first-order valence-corrected chi connectivity index (χ1v) is 10.9. The molecule has 0 aromatic heterocycles. The molecule has 0 aliphatic carbocycles. The minimum absolute atomic E-state index is 0.0466. The van der Waals surface area contributed by atoms with Gasteiger partial charge in [-0.2, -0.15) is 0 Å². The van der Waals surface area contributed by atoms with Crippen LogP contribution in [0.1, 0.15) is 23.6 Å². The Morgan fingerprint density at radius 1 is 0.833 bits per heavy atom. The van der Waals surface area contributed by atoms with Gasteiger partial charge in [0.15, 0.2) is 13.1 Å². The molecule has 160 valence electrons. The van der Waals surface area contributed by atoms with Crippen LogP contribution in [-0.2, 0) is 16.0 Å². The van der Waals surface area contributed by atoms with Gasteiger partial charge in [-0.25, -0.2) is 0 Å². The molecular weight excluding hydrogens is 376 g/mol. The van der Waals surface area contributed by atoms with E-state index in [1.165, 1.54) is 20.9 Å². The zero-order valence-corrected chi connectivity index (χ0v) is 18.3. The SMILES string of the molecule is CCc1ccc(NC(=O)C[NH+]2CC[NH+](CC(=O)Nc3cccc(C)c3C)CC2)cc1. The lowest BCUT2D eigenvalue weighted by Gasteiger charge is -2.29. The maximum absolute atomic E-state index is 12.4. The van der Waals surface area contributed by atoms with Crippen LogP contribution in [0.5, 0.6) is 0 Å². The normalized spacial score (nSPS) is 18.6. The van der Waals surface area contributed by atoms with Crippen LogP contribution in [0.2, 0.25) is 0 Å². The fraction of sp³-hybridized carbons (Fsp3) is 0.417. The topological polar surface area (TPSA) is 67.1 Å². The second-order valence-electron chi connectivity index (χ2n) is 8.25. The third-order valence-electron chi connectivity index (χ3n) is 6.01. The van der Waals surface area contributed by atoms with E-state index in [1.807, 2.05) is 43.3 Å². The van der Waals surface area contributed by atoms with E-state index in [0.717, 1.165) is 49.5 Å². The molecule has 1 saturated heterocycles. The number of benzene rings is 2. The molecule has 2 amide bonds. The fourth-order valence-electron chi connectivity index (χ4n) is 3.87. The maximum Gasteiger partial charge on any atom is 0.279 e. The molecule has 1 fully saturated rings. The highest BCUT2D eigenvalue weighted by Crippen LogP contribution is 2.17. The van der Waals surface area contributed by atoms with E-state index in [1.54, 1.807) is 0 Å². The lowest BCUT2D eigenvalue weighted by Crippen LogP contribution is -3.28. The Hall–Kier alpha value is -2.70. The lowest BCUT2D eigenvalue weighted by atomic mass is 10.1. The molecule has 3 rings (SSSR count). The van der Waals surface area contributed by atoms with Crippen molar-refractivity contribution in [1.29, 1.82) is 0 Å². The summed E-state index contributed by atoms with van der Waals surface area (Å²) in [5.74, 6) is 0.0979. The van der Waals surface area contributed by atoms with Gasteiger partial charge in [0.25, 0.3) is 11.8 Å². The van der Waals surface area contributed by atoms with Crippen LogP contribution in [0.15, 0.2) is 42.5 Å². The van der Waals surface area contributed by atoms with Crippen LogP contribution in [-0.4, -0.2) is 51.1 Å². The van der Waals surface area contributed by atoms with Gasteiger partial charge in [0.05, 0.1) is 0 Å². The highest BCUT2D eigenvalue weighted by Gasteiger charge is 2.26. The Morgan fingerprint density at radius 2 is 1.40 bits per heavy atom. The van der Waals surface area contributed by atoms with Crippen LogP contribution in [0, 0.1) is 13.8 Å². The molecule has 0 spiro atoms. The van der Waals surface area contributed by atoms with Gasteiger partial charge in [0, 0.05) is 11.4 Å². The molecule has 2 aromatic carbocycles. The Labute approximate surface area is 179 Å². The minimum Gasteiger partial charge on any atom is -0.321 e. The number of nitrogens with one attached hydrogen (secondary N) is 4. The van der Waals surface area contributed by atoms with Crippen molar-refractivity contribution in [3.63, 3.8) is 0 Å². The van der Waals surface area contributed by atoms with Crippen LogP contribution in [0.25, 0.3) is 0 Å². The molecule has 0 atom stereocenters. The number of hydrogen-bond donors (Lipinski definition) is 4. The van der Waals surface area contributed by atoms with E-state index in [2.05, 4.69) is 30.5 Å². The first kappa shape index (κ1) is 22.0. The van der Waals surface area contributed by atoms with E-state index >= 15 is 0 Å². The zero-order valence-electron chi connectivity index (χ0n) is 18.3. The summed E-state index contributed by atoms with van der Waals surface area (Å²) in [5.41, 5.74) is 5.30. The number of amides is 2. The molecule has 1 aliphatic heterocycles. The van der Waals surface area contributed by atoms with E-state index in [0.29, 0.717) is 13.1 Å². The van der Waals surface area contributed by atoms with Crippen molar-refractivity contribution < 1.29 is 19.4 Å². The number of aryl methyl sites for hydroxylation is 2. The van der Waals surface area contributed by atoms with Crippen molar-refractivity contribution in [2.75, 3.05) is 49.9 Å². The zero-order chi connectivity index (χ0) is 21.5. The van der Waals surface area contributed by atoms with Gasteiger partial charge in [-0.1, -0.05) is 31.2 Å². The predicted octanol–water partition coefficient (Wildman–Crippen LogP) is 0.226. The molecule has 30 heavy (non-hydrogen) atoms. The largest absolute Gasteiger partial charge is 0.321 e. The highest BCUT2D eigenvalue weighted by molar-refractivity contribution is 5.92. The number of quaternary nitrogens is 2. The summed E-state index contributed by atoms with van der Waals surface area (Å²) in [6.07, 6.45) is 0.994. The predicted molar refractivity (Wildman–Crippen MR) is 120 cm³/mol. The molecule has 0 saturated carbocycles. The highest BCUT2D eigenvalue weighted by atomic mass is 16.2. The van der Waals surface area contributed by atoms with Gasteiger partial charge < -0.3 is 20.4 Å². The van der Waals surface area contributed by atoms with E-state index in [-0.39, 0.29) is 11.8 Å². The second kappa shape index (κ2) is 10.4. The fourth-order valence-corrected chi connectivity index (χ4v) is 3.87. The minimum atomic E-state index is 0.0466. The number of carbonyl (C=O) groups is 2. The van der Waals surface area contributed by atoms with Crippen molar-refractivity contribution in [3.8, 4) is 0 Å². The van der Waals surface area contributed by atoms with E-state index < -0.39 is 0 Å². The third-order valence-corrected chi connectivity index (χ3v) is 6.01. The summed E-state index contributed by atoms with van der Waals surface area (Å²) in [5, 5.41) is 6.04. The van der Waals surface area contributed by atoms with Crippen LogP contribution < -0.4 is 20.4 Å². The number of rotatable bonds is 7. The molecule has 1 heterocycles. The summed E-state index contributed by atoms with van der Waals surface area (Å²) in [4.78, 5) is 27.4. The van der Waals surface area contributed by atoms with Crippen LogP contribution in [0.4, 0.5) is 11.4 Å². The summed E-state index contributed by atoms with van der Waals surface area (Å²) in [6.45, 7) is 10.7. The average Bonchev–Trinajstić information content (AvgIpc) is 2.73. The molecule has 6 heteroatoms. The van der Waals surface area contributed by atoms with Gasteiger partial charge in [0.2, 0.25) is 0 Å². The molecule has 0 bridgehead atoms. The van der Waals surface area contributed by atoms with Crippen molar-refractivity contribution in [1.82, 2.24) is 0 Å². The Bertz CT molecular complexity index is 871. The second-order valence-corrected chi connectivity index (χ2v) is 8.25. The van der Waals surface area contributed by atoms with E-state index in [9.17, 15) is 9.59 Å². The Morgan fingerprint density at radius 3 is 1.97 bits per heavy atom. The van der Waals surface area contributed by atoms with Crippen molar-refractivity contribution in [3.05, 3.63) is 59.2 Å². The quantitative estimate of drug-likeness (QED) is 0.528. The summed E-state index contributed by atoms with van der Waals surface area (Å²) >= 11 is 0. The van der Waals surface area contributed by atoms with Crippen molar-refractivity contribution >= 4 is 23.2 Å². The first-order valence-electron chi connectivity index (χ1n) is 10.9. The van der Waals surface area contributed by atoms with Gasteiger partial charge in [-0.05, 0) is 55.2 Å². The van der Waals surface area contributed by atoms with E-state index in [4.69, 9.17) is 0 Å². The molecule has 2 aromatic rings. The maximum atomic E-state index is 12.4. The van der Waals surface area contributed by atoms with Gasteiger partial charge in [0.1, 0.15) is 26.2 Å². The van der Waals surface area contributed by atoms with Crippen molar-refractivity contribution in [2.24, 2.45) is 0 Å². The van der Waals surface area contributed by atoms with Gasteiger partial charge in [-0.3, -0.25) is 9.59 Å². The number of anilines is 2. The molecule has 6 nitrogen and oxygen atoms in total. The number of carbonyl (C=O) groups excluding carboxylic acids is 2. The van der Waals surface area contributed by atoms with Crippen molar-refractivity contribution in [2.45, 2.75) is 27.2 Å². The standard InChI is InChI=1S/C24H32N4O2/c1-4-20-8-10-21(11-9-20)25-23(29)16-27-12-14-28(15-13-27)17-24(30)26-22-7-5-6-18(2)19(22)3/h5-11H,4,12-17H2,1-3H3,(H,25,29)(H,26,30)/p+2. The first-order chi connectivity index (χ1) is 14.4. The third kappa shape index (κ3) is 6.15. The number of hydrogen-bond acceptors (Lipinski definition) is 2. The summed E-state index contributed by atoms with van der Waals surface area (Å²) < 4.78 is 0. The van der Waals surface area contributed by atoms with Crippen LogP contribution >= 0.6 is 0 Å². The molecule has 0 radical (unpaired) electrons. The smallest absolute Gasteiger partial charge is 0.279 e. The average molecular weight is 411 g/mol. The summed E-state index contributed by atoms with van der Waals surface area (Å²) in [7, 11) is 0.